The standard InChI is InChI=1S/C6H7IO2/c7-3-1-5-2-4-9-6(5)8/h1H,2-4H2/b5-1+. The van der Waals surface area contributed by atoms with Gasteiger partial charge in [0.2, 0.25) is 0 Å². The first-order chi connectivity index (χ1) is 4.34. The van der Waals surface area contributed by atoms with Crippen molar-refractivity contribution < 1.29 is 9.53 Å². The summed E-state index contributed by atoms with van der Waals surface area (Å²) in [6, 6.07) is 0. The van der Waals surface area contributed by atoms with E-state index < -0.39 is 0 Å². The molecule has 0 unspecified atom stereocenters. The van der Waals surface area contributed by atoms with Crippen LogP contribution in [0.15, 0.2) is 11.6 Å². The molecule has 2 nitrogen and oxygen atoms in total. The Kier molecular flexibility index (Phi) is 2.50. The Morgan fingerprint density at radius 3 is 3.00 bits per heavy atom. The number of halogens is 1. The van der Waals surface area contributed by atoms with Crippen LogP contribution >= 0.6 is 22.6 Å². The average Bonchev–Trinajstić information content (AvgIpc) is 2.18. The third-order valence-corrected chi connectivity index (χ3v) is 1.63. The van der Waals surface area contributed by atoms with E-state index >= 15 is 0 Å². The first-order valence-electron chi connectivity index (χ1n) is 2.76. The molecule has 1 rings (SSSR count). The number of hydrogen-bond donors (Lipinski definition) is 0. The van der Waals surface area contributed by atoms with E-state index in [2.05, 4.69) is 22.6 Å². The topological polar surface area (TPSA) is 26.3 Å². The molecule has 0 bridgehead atoms. The molecule has 9 heavy (non-hydrogen) atoms. The molecule has 3 heteroatoms. The maximum absolute atomic E-state index is 10.7. The Hall–Kier alpha value is -0.0600. The highest BCUT2D eigenvalue weighted by Crippen LogP contribution is 2.12. The van der Waals surface area contributed by atoms with Gasteiger partial charge in [-0.15, -0.1) is 0 Å². The summed E-state index contributed by atoms with van der Waals surface area (Å²) < 4.78 is 5.60. The molecule has 0 aromatic heterocycles. The Morgan fingerprint density at radius 1 is 1.78 bits per heavy atom. The SMILES string of the molecule is O=C1OCC/C1=C\CI. The van der Waals surface area contributed by atoms with Crippen molar-refractivity contribution in [2.75, 3.05) is 11.0 Å². The summed E-state index contributed by atoms with van der Waals surface area (Å²) in [6.07, 6.45) is 2.71. The van der Waals surface area contributed by atoms with E-state index in [9.17, 15) is 4.79 Å². The van der Waals surface area contributed by atoms with E-state index in [1.165, 1.54) is 0 Å². The van der Waals surface area contributed by atoms with Gasteiger partial charge in [-0.1, -0.05) is 28.7 Å². The number of rotatable bonds is 1. The molecular formula is C6H7IO2. The fraction of sp³-hybridized carbons (Fsp3) is 0.500. The third kappa shape index (κ3) is 1.67. The van der Waals surface area contributed by atoms with E-state index in [4.69, 9.17) is 4.74 Å². The molecule has 0 spiro atoms. The van der Waals surface area contributed by atoms with Gasteiger partial charge in [0.1, 0.15) is 0 Å². The predicted octanol–water partition coefficient (Wildman–Crippen LogP) is 1.29. The molecule has 0 aromatic carbocycles. The zero-order valence-corrected chi connectivity index (χ0v) is 7.05. The molecule has 0 atom stereocenters. The largest absolute Gasteiger partial charge is 0.462 e. The second-order valence-corrected chi connectivity index (χ2v) is 2.65. The number of hydrogen-bond acceptors (Lipinski definition) is 2. The molecule has 1 aliphatic rings. The van der Waals surface area contributed by atoms with Crippen LogP contribution in [0, 0.1) is 0 Å². The lowest BCUT2D eigenvalue weighted by molar-refractivity contribution is -0.135. The molecule has 0 amide bonds. The zero-order chi connectivity index (χ0) is 6.69. The van der Waals surface area contributed by atoms with E-state index in [1.54, 1.807) is 0 Å². The second kappa shape index (κ2) is 3.20. The van der Waals surface area contributed by atoms with Gasteiger partial charge in [-0.2, -0.15) is 0 Å². The average molecular weight is 238 g/mol. The normalized spacial score (nSPS) is 22.8. The summed E-state index contributed by atoms with van der Waals surface area (Å²) in [4.78, 5) is 10.7. The van der Waals surface area contributed by atoms with Gasteiger partial charge in [-0.05, 0) is 0 Å². The lowest BCUT2D eigenvalue weighted by atomic mass is 10.2. The van der Waals surface area contributed by atoms with Crippen molar-refractivity contribution in [1.29, 1.82) is 0 Å². The zero-order valence-electron chi connectivity index (χ0n) is 4.89. The van der Waals surface area contributed by atoms with Crippen molar-refractivity contribution in [3.8, 4) is 0 Å². The highest BCUT2D eigenvalue weighted by atomic mass is 127. The van der Waals surface area contributed by atoms with Crippen molar-refractivity contribution in [2.24, 2.45) is 0 Å². The van der Waals surface area contributed by atoms with Crippen molar-refractivity contribution >= 4 is 28.6 Å². The van der Waals surface area contributed by atoms with Crippen molar-refractivity contribution in [1.82, 2.24) is 0 Å². The summed E-state index contributed by atoms with van der Waals surface area (Å²) in [6.45, 7) is 0.571. The van der Waals surface area contributed by atoms with Gasteiger partial charge in [-0.3, -0.25) is 0 Å². The Balaban J connectivity index is 2.59. The molecule has 50 valence electrons. The first kappa shape index (κ1) is 7.05. The number of allylic oxidation sites excluding steroid dienone is 1. The predicted molar refractivity (Wildman–Crippen MR) is 42.5 cm³/mol. The van der Waals surface area contributed by atoms with Crippen LogP contribution in [0.1, 0.15) is 6.42 Å². The van der Waals surface area contributed by atoms with Gasteiger partial charge < -0.3 is 4.74 Å². The number of cyclic esters (lactones) is 1. The highest BCUT2D eigenvalue weighted by Gasteiger charge is 2.16. The van der Waals surface area contributed by atoms with Crippen molar-refractivity contribution in [3.63, 3.8) is 0 Å². The molecule has 0 radical (unpaired) electrons. The van der Waals surface area contributed by atoms with Crippen molar-refractivity contribution in [3.05, 3.63) is 11.6 Å². The third-order valence-electron chi connectivity index (χ3n) is 1.19. The number of ether oxygens (including phenoxy) is 1. The second-order valence-electron chi connectivity index (χ2n) is 1.77. The van der Waals surface area contributed by atoms with Crippen LogP contribution in [0.2, 0.25) is 0 Å². The van der Waals surface area contributed by atoms with Crippen LogP contribution in [0.5, 0.6) is 0 Å². The van der Waals surface area contributed by atoms with Crippen LogP contribution in [-0.2, 0) is 9.53 Å². The smallest absolute Gasteiger partial charge is 0.333 e. The monoisotopic (exact) mass is 238 g/mol. The molecule has 0 N–H and O–H groups in total. The first-order valence-corrected chi connectivity index (χ1v) is 4.29. The molecule has 1 saturated heterocycles. The lowest BCUT2D eigenvalue weighted by Gasteiger charge is -1.86. The molecule has 0 aromatic rings. The molecule has 1 fully saturated rings. The minimum Gasteiger partial charge on any atom is -0.462 e. The molecule has 1 heterocycles. The van der Waals surface area contributed by atoms with Gasteiger partial charge in [-0.25, -0.2) is 4.79 Å². The van der Waals surface area contributed by atoms with Gasteiger partial charge >= 0.3 is 5.97 Å². The van der Waals surface area contributed by atoms with Gasteiger partial charge in [0.05, 0.1) is 6.61 Å². The number of esters is 1. The van der Waals surface area contributed by atoms with Gasteiger partial charge in [0.15, 0.2) is 0 Å². The maximum Gasteiger partial charge on any atom is 0.333 e. The van der Waals surface area contributed by atoms with Crippen LogP contribution in [0.3, 0.4) is 0 Å². The molecule has 0 saturated carbocycles. The summed E-state index contributed by atoms with van der Waals surface area (Å²) in [7, 11) is 0. The summed E-state index contributed by atoms with van der Waals surface area (Å²) in [5.74, 6) is -0.133. The van der Waals surface area contributed by atoms with E-state index in [0.717, 1.165) is 16.4 Å². The van der Waals surface area contributed by atoms with Crippen molar-refractivity contribution in [2.45, 2.75) is 6.42 Å². The van der Waals surface area contributed by atoms with Gasteiger partial charge in [0.25, 0.3) is 0 Å². The van der Waals surface area contributed by atoms with E-state index in [-0.39, 0.29) is 5.97 Å². The number of alkyl halides is 1. The molecule has 1 aliphatic heterocycles. The fourth-order valence-electron chi connectivity index (χ4n) is 0.727. The van der Waals surface area contributed by atoms with Crippen LogP contribution < -0.4 is 0 Å². The molecular weight excluding hydrogens is 231 g/mol. The molecule has 0 aliphatic carbocycles. The Morgan fingerprint density at radius 2 is 2.56 bits per heavy atom. The minimum atomic E-state index is -0.133. The van der Waals surface area contributed by atoms with E-state index in [0.29, 0.717) is 6.61 Å². The summed E-state index contributed by atoms with van der Waals surface area (Å²) in [5, 5.41) is 0. The van der Waals surface area contributed by atoms with Crippen LogP contribution in [-0.4, -0.2) is 17.0 Å². The Labute approximate surface area is 67.4 Å². The number of carbonyl (C=O) groups excluding carboxylic acids is 1. The Bertz CT molecular complexity index is 151. The van der Waals surface area contributed by atoms with Crippen LogP contribution in [0.25, 0.3) is 0 Å². The minimum absolute atomic E-state index is 0.133. The summed E-state index contributed by atoms with van der Waals surface area (Å²) in [5.41, 5.74) is 0.837. The number of carbonyl (C=O) groups is 1. The summed E-state index contributed by atoms with van der Waals surface area (Å²) >= 11 is 2.20. The highest BCUT2D eigenvalue weighted by molar-refractivity contribution is 14.1. The lowest BCUT2D eigenvalue weighted by Crippen LogP contribution is -1.94. The van der Waals surface area contributed by atoms with Gasteiger partial charge in [0, 0.05) is 16.4 Å². The quantitative estimate of drug-likeness (QED) is 0.298. The fourth-order valence-corrected chi connectivity index (χ4v) is 1.26. The van der Waals surface area contributed by atoms with Crippen LogP contribution in [0.4, 0.5) is 0 Å². The van der Waals surface area contributed by atoms with E-state index in [1.807, 2.05) is 6.08 Å². The maximum atomic E-state index is 10.7.